The van der Waals surface area contributed by atoms with Crippen LogP contribution in [0.15, 0.2) is 0 Å². The fraction of sp³-hybridized carbons (Fsp3) is 0.750. The highest BCUT2D eigenvalue weighted by Gasteiger charge is 1.94. The summed E-state index contributed by atoms with van der Waals surface area (Å²) in [5.41, 5.74) is 7.19. The van der Waals surface area contributed by atoms with Gasteiger partial charge in [-0.3, -0.25) is 5.17 Å². The first-order valence-corrected chi connectivity index (χ1v) is 3.83. The van der Waals surface area contributed by atoms with Crippen molar-refractivity contribution < 1.29 is 10.3 Å². The molecule has 0 aromatic rings. The van der Waals surface area contributed by atoms with Crippen molar-refractivity contribution >= 4 is 11.2 Å². The molecule has 0 spiro atoms. The molecule has 0 aliphatic heterocycles. The third kappa shape index (κ3) is 5.93. The molecule has 0 bridgehead atoms. The summed E-state index contributed by atoms with van der Waals surface area (Å²) in [6.45, 7) is 0.292. The maximum Gasteiger partial charge on any atom is 0.111 e. The molecule has 0 aromatic carbocycles. The molecule has 5 nitrogen and oxygen atoms in total. The summed E-state index contributed by atoms with van der Waals surface area (Å²) in [4.78, 5) is 0. The Hall–Kier alpha value is -0.200. The van der Waals surface area contributed by atoms with Crippen LogP contribution in [0.2, 0.25) is 0 Å². The Bertz CT molecular complexity index is 124. The van der Waals surface area contributed by atoms with E-state index in [9.17, 15) is 10.4 Å². The van der Waals surface area contributed by atoms with E-state index < -0.39 is 0 Å². The number of hydrogen-bond acceptors (Lipinski definition) is 3. The normalized spacial score (nSPS) is 16.2. The largest absolute Gasteiger partial charge is 0.610 e. The van der Waals surface area contributed by atoms with Crippen molar-refractivity contribution in [3.05, 3.63) is 10.4 Å². The van der Waals surface area contributed by atoms with Crippen molar-refractivity contribution in [3.8, 4) is 5.69 Å². The second kappa shape index (κ2) is 5.57. The zero-order valence-electron chi connectivity index (χ0n) is 5.72. The maximum absolute atomic E-state index is 10.6. The van der Waals surface area contributed by atoms with Crippen LogP contribution in [0.1, 0.15) is 0 Å². The van der Waals surface area contributed by atoms with E-state index in [1.807, 2.05) is 0 Å². The first-order chi connectivity index (χ1) is 4.66. The lowest BCUT2D eigenvalue weighted by atomic mass is 10.8. The van der Waals surface area contributed by atoms with Crippen LogP contribution >= 0.6 is 11.2 Å². The second-order valence-electron chi connectivity index (χ2n) is 1.73. The molecular weight excluding hydrogens is 154 g/mol. The molecule has 2 atom stereocenters. The fourth-order valence-electron chi connectivity index (χ4n) is 0.410. The van der Waals surface area contributed by atoms with E-state index in [0.717, 1.165) is 11.2 Å². The van der Waals surface area contributed by atoms with E-state index >= 15 is 0 Å². The van der Waals surface area contributed by atoms with E-state index in [0.29, 0.717) is 12.3 Å². The van der Waals surface area contributed by atoms with Gasteiger partial charge in [-0.1, -0.05) is 0 Å². The molecule has 0 amide bonds. The van der Waals surface area contributed by atoms with E-state index in [2.05, 4.69) is 5.53 Å². The highest BCUT2D eigenvalue weighted by Crippen LogP contribution is 1.68. The molecule has 0 saturated heterocycles. The topological polar surface area (TPSA) is 67.0 Å². The lowest BCUT2D eigenvalue weighted by Gasteiger charge is -2.25. The van der Waals surface area contributed by atoms with Crippen molar-refractivity contribution in [3.63, 3.8) is 0 Å². The smallest absolute Gasteiger partial charge is 0.111 e. The van der Waals surface area contributed by atoms with Crippen LogP contribution in [-0.4, -0.2) is 19.3 Å². The molecule has 0 aliphatic carbocycles. The third-order valence-electron chi connectivity index (χ3n) is 0.762. The van der Waals surface area contributed by atoms with Gasteiger partial charge < -0.3 is 10.4 Å². The Balaban J connectivity index is 3.27. The fourth-order valence-corrected chi connectivity index (χ4v) is 0.714. The van der Waals surface area contributed by atoms with Crippen molar-refractivity contribution in [2.75, 3.05) is 19.3 Å². The SMILES string of the molecule is C#SCC[NH+]([O-])N[NH+](C)[O-]. The summed E-state index contributed by atoms with van der Waals surface area (Å²) in [7, 11) is 1.30. The van der Waals surface area contributed by atoms with Crippen LogP contribution in [0.25, 0.3) is 0 Å². The van der Waals surface area contributed by atoms with Gasteiger partial charge in [-0.2, -0.15) is 0 Å². The second-order valence-corrected chi connectivity index (χ2v) is 2.47. The van der Waals surface area contributed by atoms with Crippen LogP contribution in [0.5, 0.6) is 0 Å². The lowest BCUT2D eigenvalue weighted by molar-refractivity contribution is -1.10. The van der Waals surface area contributed by atoms with E-state index in [4.69, 9.17) is 5.69 Å². The highest BCUT2D eigenvalue weighted by atomic mass is 32.1. The van der Waals surface area contributed by atoms with Gasteiger partial charge in [0, 0.05) is 0 Å². The number of rotatable bonds is 4. The minimum absolute atomic E-state index is 0.273. The average Bonchev–Trinajstić information content (AvgIpc) is 1.82. The molecule has 10 heavy (non-hydrogen) atoms. The summed E-state index contributed by atoms with van der Waals surface area (Å²) in [6, 6.07) is 0. The van der Waals surface area contributed by atoms with Gasteiger partial charge in [-0.05, 0) is 5.53 Å². The molecular formula is C4H11N3O2S. The molecule has 6 heteroatoms. The van der Waals surface area contributed by atoms with Crippen molar-refractivity contribution in [1.29, 1.82) is 0 Å². The molecule has 0 saturated carbocycles. The predicted molar refractivity (Wildman–Crippen MR) is 40.0 cm³/mol. The molecule has 3 N–H and O–H groups in total. The van der Waals surface area contributed by atoms with Crippen molar-refractivity contribution in [2.45, 2.75) is 0 Å². The number of nitrogens with one attached hydrogen (secondary N) is 3. The molecule has 0 radical (unpaired) electrons. The van der Waals surface area contributed by atoms with Crippen LogP contribution in [-0.2, 0) is 0 Å². The summed E-state index contributed by atoms with van der Waals surface area (Å²) >= 11 is 1.08. The van der Waals surface area contributed by atoms with Gasteiger partial charge in [0.15, 0.2) is 0 Å². The maximum atomic E-state index is 10.6. The Morgan fingerprint density at radius 1 is 1.60 bits per heavy atom. The Morgan fingerprint density at radius 3 is 2.60 bits per heavy atom. The summed E-state index contributed by atoms with van der Waals surface area (Å²) in [5, 5.41) is 20.3. The van der Waals surface area contributed by atoms with E-state index in [1.165, 1.54) is 7.05 Å². The number of hydroxylamine groups is 2. The summed E-state index contributed by atoms with van der Waals surface area (Å²) in [5.74, 6) is 0.541. The van der Waals surface area contributed by atoms with E-state index in [-0.39, 0.29) is 10.3 Å². The molecule has 0 aromatic heterocycles. The van der Waals surface area contributed by atoms with Crippen molar-refractivity contribution in [1.82, 2.24) is 5.53 Å². The molecule has 2 unspecified atom stereocenters. The standard InChI is InChI=1S/C4H11N3O2S/c1-6(8)5-7(9)3-4-10-2/h2,5-7H,3-4H2,1H3. The minimum Gasteiger partial charge on any atom is -0.610 e. The van der Waals surface area contributed by atoms with Gasteiger partial charge in [0.05, 0.1) is 12.8 Å². The number of hydrogen-bond donors (Lipinski definition) is 3. The van der Waals surface area contributed by atoms with Crippen LogP contribution in [0.3, 0.4) is 0 Å². The Labute approximate surface area is 63.3 Å². The van der Waals surface area contributed by atoms with E-state index in [1.54, 1.807) is 0 Å². The Kier molecular flexibility index (Phi) is 5.46. The molecule has 0 rings (SSSR count). The first-order valence-electron chi connectivity index (χ1n) is 2.79. The quantitative estimate of drug-likeness (QED) is 0.392. The highest BCUT2D eigenvalue weighted by molar-refractivity contribution is 7.88. The zero-order chi connectivity index (χ0) is 7.98. The Morgan fingerprint density at radius 2 is 2.20 bits per heavy atom. The zero-order valence-corrected chi connectivity index (χ0v) is 6.53. The molecule has 60 valence electrons. The van der Waals surface area contributed by atoms with Crippen molar-refractivity contribution in [2.24, 2.45) is 0 Å². The average molecular weight is 165 g/mol. The first kappa shape index (κ1) is 9.80. The van der Waals surface area contributed by atoms with Crippen LogP contribution in [0.4, 0.5) is 0 Å². The molecule has 0 fully saturated rings. The summed E-state index contributed by atoms with van der Waals surface area (Å²) in [6.07, 6.45) is 0. The van der Waals surface area contributed by atoms with Crippen LogP contribution in [0, 0.1) is 16.1 Å². The van der Waals surface area contributed by atoms with Gasteiger partial charge in [-0.25, -0.2) is 5.17 Å². The lowest BCUT2D eigenvalue weighted by Crippen LogP contribution is -3.34. The van der Waals surface area contributed by atoms with Gasteiger partial charge in [-0.15, -0.1) is 16.9 Å². The minimum atomic E-state index is -0.327. The summed E-state index contributed by atoms with van der Waals surface area (Å²) < 4.78 is 0. The van der Waals surface area contributed by atoms with Gasteiger partial charge in [0.2, 0.25) is 0 Å². The van der Waals surface area contributed by atoms with Gasteiger partial charge in [0.1, 0.15) is 6.54 Å². The molecule has 0 heterocycles. The number of quaternary nitrogens is 2. The monoisotopic (exact) mass is 165 g/mol. The predicted octanol–water partition coefficient (Wildman–Crippen LogP) is -2.88. The van der Waals surface area contributed by atoms with Gasteiger partial charge in [0.25, 0.3) is 0 Å². The molecule has 0 aliphatic rings. The van der Waals surface area contributed by atoms with Crippen LogP contribution < -0.4 is 15.9 Å². The third-order valence-corrected chi connectivity index (χ3v) is 1.20. The van der Waals surface area contributed by atoms with Gasteiger partial charge >= 0.3 is 0 Å².